The smallest absolute Gasteiger partial charge is 0.236 e. The molecule has 21 heavy (non-hydrogen) atoms. The number of nitrogens with one attached hydrogen (secondary N) is 1. The minimum Gasteiger partial charge on any atom is -0.342 e. The predicted molar refractivity (Wildman–Crippen MR) is 89.9 cm³/mol. The lowest BCUT2D eigenvalue weighted by atomic mass is 9.79. The van der Waals surface area contributed by atoms with Crippen molar-refractivity contribution in [2.45, 2.75) is 39.0 Å². The average Bonchev–Trinajstić information content (AvgIpc) is 2.48. The van der Waals surface area contributed by atoms with Gasteiger partial charge in [0.25, 0.3) is 0 Å². The van der Waals surface area contributed by atoms with Crippen LogP contribution in [0.15, 0.2) is 0 Å². The van der Waals surface area contributed by atoms with Crippen molar-refractivity contribution < 1.29 is 4.79 Å². The molecule has 1 amide bonds. The van der Waals surface area contributed by atoms with Crippen molar-refractivity contribution in [1.82, 2.24) is 15.1 Å². The molecule has 0 radical (unpaired) electrons. The molecule has 0 aliphatic carbocycles. The quantitative estimate of drug-likeness (QED) is 0.788. The molecule has 2 heterocycles. The number of carbonyl (C=O) groups is 1. The monoisotopic (exact) mass is 317 g/mol. The van der Waals surface area contributed by atoms with E-state index in [1.165, 1.54) is 38.8 Å². The van der Waals surface area contributed by atoms with E-state index in [9.17, 15) is 4.79 Å². The van der Waals surface area contributed by atoms with Gasteiger partial charge in [-0.2, -0.15) is 0 Å². The number of halogens is 1. The van der Waals surface area contributed by atoms with Crippen LogP contribution in [0.5, 0.6) is 0 Å². The summed E-state index contributed by atoms with van der Waals surface area (Å²) in [5.41, 5.74) is 0. The molecule has 0 saturated carbocycles. The van der Waals surface area contributed by atoms with Crippen LogP contribution >= 0.6 is 12.4 Å². The van der Waals surface area contributed by atoms with Gasteiger partial charge in [0.15, 0.2) is 0 Å². The maximum atomic E-state index is 12.1. The lowest BCUT2D eigenvalue weighted by Gasteiger charge is -2.39. The number of hydrogen-bond acceptors (Lipinski definition) is 3. The highest BCUT2D eigenvalue weighted by atomic mass is 35.5. The largest absolute Gasteiger partial charge is 0.342 e. The van der Waals surface area contributed by atoms with Crippen molar-refractivity contribution in [1.29, 1.82) is 0 Å². The van der Waals surface area contributed by atoms with Gasteiger partial charge in [-0.15, -0.1) is 12.4 Å². The third kappa shape index (κ3) is 5.76. The summed E-state index contributed by atoms with van der Waals surface area (Å²) < 4.78 is 0. The van der Waals surface area contributed by atoms with E-state index in [1.54, 1.807) is 0 Å². The maximum absolute atomic E-state index is 12.1. The van der Waals surface area contributed by atoms with E-state index >= 15 is 0 Å². The van der Waals surface area contributed by atoms with Crippen molar-refractivity contribution in [2.24, 2.45) is 11.8 Å². The topological polar surface area (TPSA) is 35.6 Å². The summed E-state index contributed by atoms with van der Waals surface area (Å²) in [7, 11) is 2.22. The molecular weight excluding hydrogens is 286 g/mol. The van der Waals surface area contributed by atoms with Gasteiger partial charge >= 0.3 is 0 Å². The van der Waals surface area contributed by atoms with Gasteiger partial charge in [-0.25, -0.2) is 0 Å². The minimum absolute atomic E-state index is 0. The van der Waals surface area contributed by atoms with Gasteiger partial charge in [0.05, 0.1) is 6.54 Å². The van der Waals surface area contributed by atoms with Crippen LogP contribution in [0.3, 0.4) is 0 Å². The van der Waals surface area contributed by atoms with Crippen molar-refractivity contribution in [2.75, 3.05) is 46.3 Å². The van der Waals surface area contributed by atoms with E-state index in [2.05, 4.69) is 29.1 Å². The van der Waals surface area contributed by atoms with Gasteiger partial charge < -0.3 is 15.1 Å². The fourth-order valence-corrected chi connectivity index (χ4v) is 3.60. The lowest BCUT2D eigenvalue weighted by Crippen LogP contribution is -2.45. The molecule has 2 aliphatic rings. The molecule has 2 rings (SSSR count). The second-order valence-electron chi connectivity index (χ2n) is 6.54. The van der Waals surface area contributed by atoms with E-state index in [-0.39, 0.29) is 12.4 Å². The lowest BCUT2D eigenvalue weighted by molar-refractivity contribution is -0.131. The third-order valence-corrected chi connectivity index (χ3v) is 5.03. The zero-order valence-corrected chi connectivity index (χ0v) is 14.5. The van der Waals surface area contributed by atoms with E-state index in [1.807, 2.05) is 0 Å². The summed E-state index contributed by atoms with van der Waals surface area (Å²) in [6, 6.07) is 0. The highest BCUT2D eigenvalue weighted by molar-refractivity contribution is 5.85. The predicted octanol–water partition coefficient (Wildman–Crippen LogP) is 1.99. The summed E-state index contributed by atoms with van der Waals surface area (Å²) in [6.45, 7) is 8.05. The summed E-state index contributed by atoms with van der Waals surface area (Å²) in [5.74, 6) is 2.05. The molecule has 2 aliphatic heterocycles. The van der Waals surface area contributed by atoms with Crippen molar-refractivity contribution in [3.8, 4) is 0 Å². The van der Waals surface area contributed by atoms with Gasteiger partial charge in [0.2, 0.25) is 5.91 Å². The van der Waals surface area contributed by atoms with Crippen LogP contribution < -0.4 is 5.32 Å². The summed E-state index contributed by atoms with van der Waals surface area (Å²) >= 11 is 0. The van der Waals surface area contributed by atoms with Gasteiger partial charge in [0, 0.05) is 13.1 Å². The summed E-state index contributed by atoms with van der Waals surface area (Å²) in [6.07, 6.45) is 6.23. The molecule has 0 atom stereocenters. The Morgan fingerprint density at radius 1 is 1.05 bits per heavy atom. The van der Waals surface area contributed by atoms with Gasteiger partial charge in [0.1, 0.15) is 0 Å². The van der Waals surface area contributed by atoms with E-state index in [0.717, 1.165) is 37.9 Å². The molecule has 2 fully saturated rings. The fraction of sp³-hybridized carbons (Fsp3) is 0.938. The molecule has 4 nitrogen and oxygen atoms in total. The Kier molecular flexibility index (Phi) is 8.60. The standard InChI is InChI=1S/C16H31N3O.ClH/c1-3-8-17-13-16(20)19-11-6-15(7-12-19)14-4-9-18(2)10-5-14;/h14-15,17H,3-13H2,1-2H3;1H. The Morgan fingerprint density at radius 2 is 1.57 bits per heavy atom. The maximum Gasteiger partial charge on any atom is 0.236 e. The van der Waals surface area contributed by atoms with Crippen LogP contribution in [0.1, 0.15) is 39.0 Å². The number of carbonyl (C=O) groups excluding carboxylic acids is 1. The number of amides is 1. The number of piperidine rings is 2. The molecule has 5 heteroatoms. The molecule has 0 unspecified atom stereocenters. The number of nitrogens with zero attached hydrogens (tertiary/aromatic N) is 2. The molecule has 0 spiro atoms. The Morgan fingerprint density at radius 3 is 2.10 bits per heavy atom. The molecule has 0 bridgehead atoms. The number of rotatable bonds is 5. The second-order valence-corrected chi connectivity index (χ2v) is 6.54. The SMILES string of the molecule is CCCNCC(=O)N1CCC(C2CCN(C)CC2)CC1.Cl. The van der Waals surface area contributed by atoms with Crippen molar-refractivity contribution in [3.63, 3.8) is 0 Å². The molecule has 0 aromatic rings. The molecule has 1 N–H and O–H groups in total. The Hall–Kier alpha value is -0.320. The molecule has 2 saturated heterocycles. The fourth-order valence-electron chi connectivity index (χ4n) is 3.60. The highest BCUT2D eigenvalue weighted by Gasteiger charge is 2.29. The molecule has 0 aromatic heterocycles. The number of likely N-dealkylation sites (tertiary alicyclic amines) is 2. The average molecular weight is 318 g/mol. The van der Waals surface area contributed by atoms with Crippen LogP contribution in [-0.2, 0) is 4.79 Å². The van der Waals surface area contributed by atoms with Crippen LogP contribution in [0.25, 0.3) is 0 Å². The van der Waals surface area contributed by atoms with Crippen molar-refractivity contribution >= 4 is 18.3 Å². The van der Waals surface area contributed by atoms with Crippen LogP contribution in [-0.4, -0.2) is 62.0 Å². The van der Waals surface area contributed by atoms with E-state index < -0.39 is 0 Å². The first kappa shape index (κ1) is 18.7. The Balaban J connectivity index is 0.00000220. The number of hydrogen-bond donors (Lipinski definition) is 1. The zero-order chi connectivity index (χ0) is 14.4. The van der Waals surface area contributed by atoms with Crippen molar-refractivity contribution in [3.05, 3.63) is 0 Å². The first-order valence-corrected chi connectivity index (χ1v) is 8.37. The first-order valence-electron chi connectivity index (χ1n) is 8.37. The highest BCUT2D eigenvalue weighted by Crippen LogP contribution is 2.32. The summed E-state index contributed by atoms with van der Waals surface area (Å²) in [5, 5.41) is 3.21. The molecule has 124 valence electrons. The van der Waals surface area contributed by atoms with Gasteiger partial charge in [-0.1, -0.05) is 6.92 Å². The molecule has 0 aromatic carbocycles. The van der Waals surface area contributed by atoms with Crippen LogP contribution in [0.2, 0.25) is 0 Å². The zero-order valence-electron chi connectivity index (χ0n) is 13.6. The second kappa shape index (κ2) is 9.65. The van der Waals surface area contributed by atoms with Crippen LogP contribution in [0.4, 0.5) is 0 Å². The first-order chi connectivity index (χ1) is 9.70. The van der Waals surface area contributed by atoms with Gasteiger partial charge in [-0.3, -0.25) is 4.79 Å². The Labute approximate surface area is 136 Å². The normalized spacial score (nSPS) is 22.1. The minimum atomic E-state index is 0. The van der Waals surface area contributed by atoms with E-state index in [0.29, 0.717) is 12.5 Å². The van der Waals surface area contributed by atoms with Gasteiger partial charge in [-0.05, 0) is 70.6 Å². The molecular formula is C16H32ClN3O. The summed E-state index contributed by atoms with van der Waals surface area (Å²) in [4.78, 5) is 16.6. The third-order valence-electron chi connectivity index (χ3n) is 5.03. The van der Waals surface area contributed by atoms with Crippen LogP contribution in [0, 0.1) is 11.8 Å². The van der Waals surface area contributed by atoms with E-state index in [4.69, 9.17) is 0 Å². The Bertz CT molecular complexity index is 298.